The van der Waals surface area contributed by atoms with Crippen molar-refractivity contribution in [3.8, 4) is 11.1 Å². The second kappa shape index (κ2) is 12.1. The highest BCUT2D eigenvalue weighted by atomic mass is 16.5. The van der Waals surface area contributed by atoms with Crippen molar-refractivity contribution in [1.29, 1.82) is 0 Å². The number of rotatable bonds is 8. The molecule has 0 fully saturated rings. The van der Waals surface area contributed by atoms with Gasteiger partial charge >= 0.3 is 5.97 Å². The van der Waals surface area contributed by atoms with E-state index in [2.05, 4.69) is 5.32 Å². The molecular formula is C37H29NO4. The molecule has 6 aromatic carbocycles. The minimum Gasteiger partial charge on any atom is -0.457 e. The maximum Gasteiger partial charge on any atom is 0.339 e. The Morgan fingerprint density at radius 2 is 1.14 bits per heavy atom. The van der Waals surface area contributed by atoms with Crippen molar-refractivity contribution >= 4 is 33.4 Å². The molecule has 0 aliphatic carbocycles. The summed E-state index contributed by atoms with van der Waals surface area (Å²) in [6.07, 6.45) is 0. The van der Waals surface area contributed by atoms with Crippen molar-refractivity contribution in [2.45, 2.75) is 12.6 Å². The molecule has 2 N–H and O–H groups in total. The van der Waals surface area contributed by atoms with Crippen LogP contribution in [0.3, 0.4) is 0 Å². The standard InChI is InChI=1S/C37H29NO4/c39-23-33(28-15-5-2-6-16-28)38-36(40)31-21-19-26-13-7-9-17-29(26)34(31)35-30-18-10-8-14-27(30)20-22-32(35)37(41)42-24-25-11-3-1-4-12-25/h1-22,33,39H,23-24H2,(H,38,40)/t33-/m0/s1. The van der Waals surface area contributed by atoms with Crippen molar-refractivity contribution in [2.75, 3.05) is 6.61 Å². The molecule has 42 heavy (non-hydrogen) atoms. The van der Waals surface area contributed by atoms with E-state index in [1.54, 1.807) is 12.1 Å². The first kappa shape index (κ1) is 26.9. The summed E-state index contributed by atoms with van der Waals surface area (Å²) in [5, 5.41) is 16.7. The smallest absolute Gasteiger partial charge is 0.339 e. The van der Waals surface area contributed by atoms with E-state index in [9.17, 15) is 14.7 Å². The van der Waals surface area contributed by atoms with Gasteiger partial charge in [-0.3, -0.25) is 4.79 Å². The molecule has 5 nitrogen and oxygen atoms in total. The first-order chi connectivity index (χ1) is 20.6. The van der Waals surface area contributed by atoms with Crippen LogP contribution in [0, 0.1) is 0 Å². The minimum absolute atomic E-state index is 0.129. The van der Waals surface area contributed by atoms with E-state index in [1.165, 1.54) is 0 Å². The third-order valence-corrected chi connectivity index (χ3v) is 7.48. The Hall–Kier alpha value is -5.26. The topological polar surface area (TPSA) is 75.6 Å². The van der Waals surface area contributed by atoms with Crippen LogP contribution >= 0.6 is 0 Å². The van der Waals surface area contributed by atoms with E-state index in [0.29, 0.717) is 22.3 Å². The summed E-state index contributed by atoms with van der Waals surface area (Å²) in [6.45, 7) is -0.131. The molecule has 0 spiro atoms. The van der Waals surface area contributed by atoms with Gasteiger partial charge in [-0.1, -0.05) is 121 Å². The largest absolute Gasteiger partial charge is 0.457 e. The molecule has 0 saturated carbocycles. The fraction of sp³-hybridized carbons (Fsp3) is 0.0811. The van der Waals surface area contributed by atoms with Crippen LogP contribution in [0.25, 0.3) is 32.7 Å². The molecule has 0 radical (unpaired) electrons. The lowest BCUT2D eigenvalue weighted by Gasteiger charge is -2.21. The van der Waals surface area contributed by atoms with Gasteiger partial charge in [0.15, 0.2) is 0 Å². The highest BCUT2D eigenvalue weighted by Gasteiger charge is 2.25. The Labute approximate surface area is 244 Å². The summed E-state index contributed by atoms with van der Waals surface area (Å²) in [5.74, 6) is -0.827. The number of nitrogens with one attached hydrogen (secondary N) is 1. The van der Waals surface area contributed by atoms with Gasteiger partial charge in [-0.05, 0) is 44.8 Å². The van der Waals surface area contributed by atoms with Gasteiger partial charge < -0.3 is 15.2 Å². The lowest BCUT2D eigenvalue weighted by Crippen LogP contribution is -2.31. The number of carbonyl (C=O) groups is 2. The van der Waals surface area contributed by atoms with Crippen LogP contribution < -0.4 is 5.32 Å². The molecule has 0 heterocycles. The minimum atomic E-state index is -0.596. The molecule has 206 valence electrons. The Bertz CT molecular complexity index is 1880. The number of hydrogen-bond acceptors (Lipinski definition) is 4. The second-order valence-corrected chi connectivity index (χ2v) is 10.1. The Morgan fingerprint density at radius 3 is 1.76 bits per heavy atom. The van der Waals surface area contributed by atoms with E-state index in [1.807, 2.05) is 121 Å². The molecule has 0 saturated heterocycles. The molecular weight excluding hydrogens is 522 g/mol. The molecule has 0 unspecified atom stereocenters. The van der Waals surface area contributed by atoms with Crippen LogP contribution in [0.5, 0.6) is 0 Å². The SMILES string of the molecule is O=C(N[C@@H](CO)c1ccccc1)c1ccc2ccccc2c1-c1c(C(=O)OCc2ccccc2)ccc2ccccc12. The average molecular weight is 552 g/mol. The molecule has 1 amide bonds. The van der Waals surface area contributed by atoms with E-state index in [4.69, 9.17) is 4.74 Å². The van der Waals surface area contributed by atoms with Crippen LogP contribution in [0.2, 0.25) is 0 Å². The van der Waals surface area contributed by atoms with Crippen molar-refractivity contribution in [1.82, 2.24) is 5.32 Å². The maximum absolute atomic E-state index is 14.0. The molecule has 6 rings (SSSR count). The summed E-state index contributed by atoms with van der Waals surface area (Å²) in [6, 6.07) is 41.3. The van der Waals surface area contributed by atoms with Gasteiger partial charge in [0.1, 0.15) is 6.61 Å². The molecule has 0 aliphatic rings. The monoisotopic (exact) mass is 551 g/mol. The van der Waals surface area contributed by atoms with Gasteiger partial charge in [0.25, 0.3) is 5.91 Å². The first-order valence-corrected chi connectivity index (χ1v) is 13.9. The van der Waals surface area contributed by atoms with Crippen LogP contribution in [-0.4, -0.2) is 23.6 Å². The zero-order chi connectivity index (χ0) is 28.9. The Balaban J connectivity index is 1.52. The zero-order valence-electron chi connectivity index (χ0n) is 22.9. The molecule has 0 aliphatic heterocycles. The molecule has 6 aromatic rings. The van der Waals surface area contributed by atoms with E-state index >= 15 is 0 Å². The van der Waals surface area contributed by atoms with Crippen molar-refractivity contribution in [2.24, 2.45) is 0 Å². The highest BCUT2D eigenvalue weighted by molar-refractivity contribution is 6.18. The van der Waals surface area contributed by atoms with Crippen molar-refractivity contribution in [3.63, 3.8) is 0 Å². The first-order valence-electron chi connectivity index (χ1n) is 13.9. The Kier molecular flexibility index (Phi) is 7.75. The number of carbonyl (C=O) groups excluding carboxylic acids is 2. The highest BCUT2D eigenvalue weighted by Crippen LogP contribution is 2.40. The fourth-order valence-electron chi connectivity index (χ4n) is 5.40. The molecule has 0 bridgehead atoms. The van der Waals surface area contributed by atoms with Gasteiger partial charge in [-0.2, -0.15) is 0 Å². The van der Waals surface area contributed by atoms with Crippen molar-refractivity contribution in [3.05, 3.63) is 156 Å². The van der Waals surface area contributed by atoms with E-state index in [0.717, 1.165) is 32.7 Å². The summed E-state index contributed by atoms with van der Waals surface area (Å²) >= 11 is 0. The Morgan fingerprint density at radius 1 is 0.619 bits per heavy atom. The van der Waals surface area contributed by atoms with Gasteiger partial charge in [-0.15, -0.1) is 0 Å². The van der Waals surface area contributed by atoms with Gasteiger partial charge in [0.05, 0.1) is 18.2 Å². The average Bonchev–Trinajstić information content (AvgIpc) is 3.05. The van der Waals surface area contributed by atoms with Crippen LogP contribution in [0.4, 0.5) is 0 Å². The van der Waals surface area contributed by atoms with Gasteiger partial charge in [0.2, 0.25) is 0 Å². The number of aliphatic hydroxyl groups excluding tert-OH is 1. The number of amides is 1. The molecule has 1 atom stereocenters. The quantitative estimate of drug-likeness (QED) is 0.192. The predicted octanol–water partition coefficient (Wildman–Crippen LogP) is 7.48. The summed E-state index contributed by atoms with van der Waals surface area (Å²) in [5.41, 5.74) is 3.72. The van der Waals surface area contributed by atoms with Gasteiger partial charge in [0, 0.05) is 16.7 Å². The number of benzene rings is 6. The van der Waals surface area contributed by atoms with Gasteiger partial charge in [-0.25, -0.2) is 4.79 Å². The lowest BCUT2D eigenvalue weighted by molar-refractivity contribution is 0.0473. The third kappa shape index (κ3) is 5.38. The number of hydrogen-bond donors (Lipinski definition) is 2. The van der Waals surface area contributed by atoms with Crippen molar-refractivity contribution < 1.29 is 19.4 Å². The van der Waals surface area contributed by atoms with Crippen LogP contribution in [0.1, 0.15) is 37.9 Å². The predicted molar refractivity (Wildman–Crippen MR) is 166 cm³/mol. The molecule has 5 heteroatoms. The summed E-state index contributed by atoms with van der Waals surface area (Å²) < 4.78 is 5.80. The van der Waals surface area contributed by atoms with E-state index < -0.39 is 12.0 Å². The fourth-order valence-corrected chi connectivity index (χ4v) is 5.40. The normalized spacial score (nSPS) is 11.7. The third-order valence-electron chi connectivity index (χ3n) is 7.48. The van der Waals surface area contributed by atoms with E-state index in [-0.39, 0.29) is 19.1 Å². The number of esters is 1. The molecule has 0 aromatic heterocycles. The lowest BCUT2D eigenvalue weighted by atomic mass is 9.86. The zero-order valence-corrected chi connectivity index (χ0v) is 22.9. The number of ether oxygens (including phenoxy) is 1. The summed E-state index contributed by atoms with van der Waals surface area (Å²) in [7, 11) is 0. The number of fused-ring (bicyclic) bond motifs is 2. The maximum atomic E-state index is 14.0. The number of aliphatic hydroxyl groups is 1. The second-order valence-electron chi connectivity index (χ2n) is 10.1. The van der Waals surface area contributed by atoms with Crippen LogP contribution in [0.15, 0.2) is 133 Å². The summed E-state index contributed by atoms with van der Waals surface area (Å²) in [4.78, 5) is 27.7. The van der Waals surface area contributed by atoms with Crippen LogP contribution in [-0.2, 0) is 11.3 Å².